The Labute approximate surface area is 121 Å². The van der Waals surface area contributed by atoms with Crippen LogP contribution in [0.25, 0.3) is 0 Å². The van der Waals surface area contributed by atoms with Crippen LogP contribution in [0.2, 0.25) is 0 Å². The number of non-ortho nitro benzene ring substituents is 1. The second kappa shape index (κ2) is 6.74. The first-order chi connectivity index (χ1) is 9.61. The minimum Gasteiger partial charge on any atom is -0.465 e. The Balaban J connectivity index is 2.25. The van der Waals surface area contributed by atoms with Gasteiger partial charge in [0.25, 0.3) is 5.69 Å². The monoisotopic (exact) mass is 295 g/mol. The van der Waals surface area contributed by atoms with E-state index >= 15 is 0 Å². The lowest BCUT2D eigenvalue weighted by molar-refractivity contribution is -0.384. The molecule has 0 N–H and O–H groups in total. The molecule has 6 heteroatoms. The Morgan fingerprint density at radius 1 is 1.35 bits per heavy atom. The van der Waals surface area contributed by atoms with Crippen molar-refractivity contribution in [2.24, 2.45) is 0 Å². The number of nitro benzene ring substituents is 1. The average molecular weight is 295 g/mol. The summed E-state index contributed by atoms with van der Waals surface area (Å²) in [4.78, 5) is 22.9. The molecule has 0 heterocycles. The quantitative estimate of drug-likeness (QED) is 0.480. The Morgan fingerprint density at radius 3 is 2.65 bits per heavy atom. The second-order valence-corrected chi connectivity index (χ2v) is 6.15. The van der Waals surface area contributed by atoms with Crippen LogP contribution in [0.5, 0.6) is 0 Å². The molecule has 1 aliphatic carbocycles. The van der Waals surface area contributed by atoms with Crippen molar-refractivity contribution in [3.63, 3.8) is 0 Å². The number of carbonyl (C=O) groups excluding carboxylic acids is 1. The van der Waals surface area contributed by atoms with E-state index in [9.17, 15) is 14.9 Å². The number of rotatable bonds is 4. The molecule has 20 heavy (non-hydrogen) atoms. The first-order valence-corrected chi connectivity index (χ1v) is 7.53. The van der Waals surface area contributed by atoms with Crippen molar-refractivity contribution in [1.82, 2.24) is 0 Å². The van der Waals surface area contributed by atoms with E-state index in [4.69, 9.17) is 4.74 Å². The van der Waals surface area contributed by atoms with Crippen LogP contribution in [-0.2, 0) is 4.74 Å². The minimum atomic E-state index is -0.521. The molecule has 1 aliphatic rings. The summed E-state index contributed by atoms with van der Waals surface area (Å²) in [5, 5.41) is 11.3. The lowest BCUT2D eigenvalue weighted by Crippen LogP contribution is -2.10. The molecule has 0 amide bonds. The topological polar surface area (TPSA) is 69.4 Å². The third-order valence-electron chi connectivity index (χ3n) is 3.43. The van der Waals surface area contributed by atoms with Crippen LogP contribution in [0.3, 0.4) is 0 Å². The Morgan fingerprint density at radius 2 is 2.05 bits per heavy atom. The van der Waals surface area contributed by atoms with Crippen molar-refractivity contribution in [2.75, 3.05) is 7.11 Å². The summed E-state index contributed by atoms with van der Waals surface area (Å²) in [6, 6.07) is 4.40. The third kappa shape index (κ3) is 3.50. The number of hydrogen-bond acceptors (Lipinski definition) is 5. The lowest BCUT2D eigenvalue weighted by Gasteiger charge is -2.21. The van der Waals surface area contributed by atoms with Gasteiger partial charge >= 0.3 is 5.97 Å². The molecule has 0 aromatic heterocycles. The van der Waals surface area contributed by atoms with Gasteiger partial charge in [-0.1, -0.05) is 19.3 Å². The second-order valence-electron chi connectivity index (χ2n) is 4.81. The number of nitro groups is 1. The van der Waals surface area contributed by atoms with Gasteiger partial charge in [0.05, 0.1) is 17.6 Å². The predicted molar refractivity (Wildman–Crippen MR) is 77.2 cm³/mol. The fraction of sp³-hybridized carbons (Fsp3) is 0.500. The summed E-state index contributed by atoms with van der Waals surface area (Å²) in [5.74, 6) is -0.521. The SMILES string of the molecule is COC(=O)c1cc([N+](=O)[O-])ccc1SC1CCCCC1. The van der Waals surface area contributed by atoms with E-state index < -0.39 is 10.9 Å². The van der Waals surface area contributed by atoms with Gasteiger partial charge in [-0.15, -0.1) is 11.8 Å². The van der Waals surface area contributed by atoms with Crippen molar-refractivity contribution >= 4 is 23.4 Å². The highest BCUT2D eigenvalue weighted by Crippen LogP contribution is 2.36. The van der Waals surface area contributed by atoms with E-state index in [0.29, 0.717) is 5.25 Å². The van der Waals surface area contributed by atoms with Crippen LogP contribution in [0, 0.1) is 10.1 Å². The van der Waals surface area contributed by atoms with Gasteiger partial charge in [-0.25, -0.2) is 4.79 Å². The molecule has 0 aliphatic heterocycles. The maximum Gasteiger partial charge on any atom is 0.339 e. The molecule has 1 saturated carbocycles. The number of esters is 1. The largest absolute Gasteiger partial charge is 0.465 e. The number of nitrogens with zero attached hydrogens (tertiary/aromatic N) is 1. The molecule has 1 aromatic carbocycles. The van der Waals surface area contributed by atoms with Crippen molar-refractivity contribution in [1.29, 1.82) is 0 Å². The smallest absolute Gasteiger partial charge is 0.339 e. The van der Waals surface area contributed by atoms with E-state index in [-0.39, 0.29) is 11.3 Å². The number of carbonyl (C=O) groups is 1. The van der Waals surface area contributed by atoms with E-state index in [1.54, 1.807) is 17.8 Å². The van der Waals surface area contributed by atoms with Crippen LogP contribution in [0.1, 0.15) is 42.5 Å². The van der Waals surface area contributed by atoms with Crippen molar-refractivity contribution in [3.8, 4) is 0 Å². The molecule has 108 valence electrons. The molecule has 2 rings (SSSR count). The molecule has 0 radical (unpaired) electrons. The Kier molecular flexibility index (Phi) is 5.00. The Hall–Kier alpha value is -1.56. The summed E-state index contributed by atoms with van der Waals surface area (Å²) < 4.78 is 4.73. The van der Waals surface area contributed by atoms with E-state index in [1.807, 2.05) is 0 Å². The van der Waals surface area contributed by atoms with Crippen LogP contribution in [0.15, 0.2) is 23.1 Å². The highest BCUT2D eigenvalue weighted by molar-refractivity contribution is 8.00. The zero-order valence-corrected chi connectivity index (χ0v) is 12.1. The molecular weight excluding hydrogens is 278 g/mol. The van der Waals surface area contributed by atoms with E-state index in [2.05, 4.69) is 0 Å². The van der Waals surface area contributed by atoms with Gasteiger partial charge in [0.15, 0.2) is 0 Å². The molecule has 0 saturated heterocycles. The summed E-state index contributed by atoms with van der Waals surface area (Å²) in [6.45, 7) is 0. The molecule has 0 atom stereocenters. The van der Waals surface area contributed by atoms with Crippen molar-refractivity contribution < 1.29 is 14.5 Å². The molecule has 0 unspecified atom stereocenters. The van der Waals surface area contributed by atoms with Gasteiger partial charge in [0, 0.05) is 22.3 Å². The van der Waals surface area contributed by atoms with Gasteiger partial charge in [0.2, 0.25) is 0 Å². The highest BCUT2D eigenvalue weighted by atomic mass is 32.2. The van der Waals surface area contributed by atoms with Crippen LogP contribution >= 0.6 is 11.8 Å². The van der Waals surface area contributed by atoms with Gasteiger partial charge in [-0.05, 0) is 18.9 Å². The number of methoxy groups -OCH3 is 1. The molecule has 0 bridgehead atoms. The Bertz CT molecular complexity index is 512. The lowest BCUT2D eigenvalue weighted by atomic mass is 10.0. The summed E-state index contributed by atoms with van der Waals surface area (Å²) >= 11 is 1.63. The highest BCUT2D eigenvalue weighted by Gasteiger charge is 2.21. The van der Waals surface area contributed by atoms with Crippen molar-refractivity contribution in [3.05, 3.63) is 33.9 Å². The third-order valence-corrected chi connectivity index (χ3v) is 4.84. The van der Waals surface area contributed by atoms with Gasteiger partial charge in [-0.2, -0.15) is 0 Å². The number of hydrogen-bond donors (Lipinski definition) is 0. The van der Waals surface area contributed by atoms with Crippen molar-refractivity contribution in [2.45, 2.75) is 42.2 Å². The van der Waals surface area contributed by atoms with Gasteiger partial charge in [0.1, 0.15) is 0 Å². The van der Waals surface area contributed by atoms with Crippen LogP contribution in [-0.4, -0.2) is 23.3 Å². The molecular formula is C14H17NO4S. The minimum absolute atomic E-state index is 0.0848. The van der Waals surface area contributed by atoms with Gasteiger partial charge in [-0.3, -0.25) is 10.1 Å². The first kappa shape index (κ1) is 14.8. The molecule has 1 fully saturated rings. The maximum absolute atomic E-state index is 11.8. The normalized spacial score (nSPS) is 15.8. The number of thioether (sulfide) groups is 1. The summed E-state index contributed by atoms with van der Waals surface area (Å²) in [7, 11) is 1.29. The summed E-state index contributed by atoms with van der Waals surface area (Å²) in [5.41, 5.74) is 0.204. The predicted octanol–water partition coefficient (Wildman–Crippen LogP) is 3.81. The molecule has 1 aromatic rings. The van der Waals surface area contributed by atoms with E-state index in [0.717, 1.165) is 17.7 Å². The standard InChI is InChI=1S/C14H17NO4S/c1-19-14(16)12-9-10(15(17)18)7-8-13(12)20-11-5-3-2-4-6-11/h7-9,11H,2-6H2,1H3. The molecule has 5 nitrogen and oxygen atoms in total. The maximum atomic E-state index is 11.8. The average Bonchev–Trinajstić information content (AvgIpc) is 2.47. The fourth-order valence-corrected chi connectivity index (χ4v) is 3.71. The van der Waals surface area contributed by atoms with Crippen LogP contribution < -0.4 is 0 Å². The zero-order valence-electron chi connectivity index (χ0n) is 11.3. The zero-order chi connectivity index (χ0) is 14.5. The van der Waals surface area contributed by atoms with Crippen LogP contribution in [0.4, 0.5) is 5.69 Å². The number of ether oxygens (including phenoxy) is 1. The fourth-order valence-electron chi connectivity index (χ4n) is 2.37. The van der Waals surface area contributed by atoms with Gasteiger partial charge < -0.3 is 4.74 Å². The molecule has 0 spiro atoms. The number of benzene rings is 1. The first-order valence-electron chi connectivity index (χ1n) is 6.65. The summed E-state index contributed by atoms with van der Waals surface area (Å²) in [6.07, 6.45) is 5.93. The van der Waals surface area contributed by atoms with E-state index in [1.165, 1.54) is 38.5 Å².